The second kappa shape index (κ2) is 4.57. The summed E-state index contributed by atoms with van der Waals surface area (Å²) in [5, 5.41) is 3.35. The molecule has 0 aromatic carbocycles. The number of aryl methyl sites for hydroxylation is 1. The maximum absolute atomic E-state index is 5.77. The van der Waals surface area contributed by atoms with Gasteiger partial charge in [-0.3, -0.25) is 0 Å². The summed E-state index contributed by atoms with van der Waals surface area (Å²) in [4.78, 5) is 8.76. The van der Waals surface area contributed by atoms with Gasteiger partial charge in [0.25, 0.3) is 0 Å². The minimum atomic E-state index is 0.557. The van der Waals surface area contributed by atoms with Crippen molar-refractivity contribution >= 4 is 5.82 Å². The molecule has 1 aliphatic heterocycles. The van der Waals surface area contributed by atoms with Crippen molar-refractivity contribution < 1.29 is 0 Å². The molecule has 1 fully saturated rings. The SMILES string of the molecule is CCc1nc(N)cc(C2CCNCC2)n1. The smallest absolute Gasteiger partial charge is 0.130 e. The molecule has 0 saturated carbocycles. The first-order valence-corrected chi connectivity index (χ1v) is 5.63. The molecule has 0 bridgehead atoms. The van der Waals surface area contributed by atoms with Gasteiger partial charge >= 0.3 is 0 Å². The molecule has 82 valence electrons. The Kier molecular flexibility index (Phi) is 3.16. The molecule has 2 heterocycles. The minimum absolute atomic E-state index is 0.557. The largest absolute Gasteiger partial charge is 0.384 e. The number of hydrogen-bond donors (Lipinski definition) is 2. The third-order valence-corrected chi connectivity index (χ3v) is 2.89. The van der Waals surface area contributed by atoms with Gasteiger partial charge in [0, 0.05) is 24.1 Å². The fourth-order valence-electron chi connectivity index (χ4n) is 2.02. The van der Waals surface area contributed by atoms with E-state index in [4.69, 9.17) is 5.73 Å². The van der Waals surface area contributed by atoms with Crippen LogP contribution in [0, 0.1) is 0 Å². The van der Waals surface area contributed by atoms with Gasteiger partial charge in [-0.25, -0.2) is 9.97 Å². The molecule has 2 rings (SSSR count). The molecule has 0 radical (unpaired) electrons. The Labute approximate surface area is 90.3 Å². The second-order valence-electron chi connectivity index (χ2n) is 4.01. The van der Waals surface area contributed by atoms with Gasteiger partial charge in [0.15, 0.2) is 0 Å². The number of nitrogen functional groups attached to an aromatic ring is 1. The third kappa shape index (κ3) is 2.45. The van der Waals surface area contributed by atoms with Crippen LogP contribution in [0.5, 0.6) is 0 Å². The van der Waals surface area contributed by atoms with Gasteiger partial charge in [0.05, 0.1) is 0 Å². The Bertz CT molecular complexity index is 331. The predicted molar refractivity (Wildman–Crippen MR) is 60.7 cm³/mol. The van der Waals surface area contributed by atoms with E-state index in [9.17, 15) is 0 Å². The number of anilines is 1. The lowest BCUT2D eigenvalue weighted by Gasteiger charge is -2.22. The average molecular weight is 206 g/mol. The summed E-state index contributed by atoms with van der Waals surface area (Å²) in [7, 11) is 0. The highest BCUT2D eigenvalue weighted by molar-refractivity contribution is 5.31. The van der Waals surface area contributed by atoms with E-state index < -0.39 is 0 Å². The molecular weight excluding hydrogens is 188 g/mol. The number of nitrogens with two attached hydrogens (primary N) is 1. The van der Waals surface area contributed by atoms with Crippen LogP contribution in [-0.4, -0.2) is 23.1 Å². The van der Waals surface area contributed by atoms with E-state index in [2.05, 4.69) is 22.2 Å². The molecule has 0 aliphatic carbocycles. The van der Waals surface area contributed by atoms with Crippen LogP contribution in [0.4, 0.5) is 5.82 Å². The number of nitrogens with one attached hydrogen (secondary N) is 1. The van der Waals surface area contributed by atoms with Crippen LogP contribution in [-0.2, 0) is 6.42 Å². The molecule has 0 spiro atoms. The summed E-state index contributed by atoms with van der Waals surface area (Å²) in [5.74, 6) is 2.03. The van der Waals surface area contributed by atoms with Gasteiger partial charge in [-0.15, -0.1) is 0 Å². The number of hydrogen-bond acceptors (Lipinski definition) is 4. The van der Waals surface area contributed by atoms with Crippen LogP contribution in [0.25, 0.3) is 0 Å². The number of piperidine rings is 1. The van der Waals surface area contributed by atoms with E-state index in [0.29, 0.717) is 11.7 Å². The molecule has 1 saturated heterocycles. The summed E-state index contributed by atoms with van der Waals surface area (Å²) in [6, 6.07) is 1.93. The van der Waals surface area contributed by atoms with Crippen molar-refractivity contribution in [3.8, 4) is 0 Å². The highest BCUT2D eigenvalue weighted by atomic mass is 15.0. The first kappa shape index (κ1) is 10.4. The van der Waals surface area contributed by atoms with E-state index in [1.165, 1.54) is 0 Å². The Hall–Kier alpha value is -1.16. The molecule has 4 heteroatoms. The lowest BCUT2D eigenvalue weighted by Crippen LogP contribution is -2.27. The normalized spacial score (nSPS) is 17.9. The first-order valence-electron chi connectivity index (χ1n) is 5.63. The number of aromatic nitrogens is 2. The quantitative estimate of drug-likeness (QED) is 0.760. The molecule has 4 nitrogen and oxygen atoms in total. The topological polar surface area (TPSA) is 63.8 Å². The van der Waals surface area contributed by atoms with E-state index in [-0.39, 0.29) is 0 Å². The van der Waals surface area contributed by atoms with Crippen LogP contribution >= 0.6 is 0 Å². The molecular formula is C11H18N4. The van der Waals surface area contributed by atoms with Crippen molar-refractivity contribution in [3.05, 3.63) is 17.6 Å². The van der Waals surface area contributed by atoms with Crippen molar-refractivity contribution in [2.75, 3.05) is 18.8 Å². The van der Waals surface area contributed by atoms with Crippen molar-refractivity contribution in [2.45, 2.75) is 32.1 Å². The Morgan fingerprint density at radius 2 is 2.13 bits per heavy atom. The molecule has 15 heavy (non-hydrogen) atoms. The second-order valence-corrected chi connectivity index (χ2v) is 4.01. The van der Waals surface area contributed by atoms with E-state index in [1.54, 1.807) is 0 Å². The van der Waals surface area contributed by atoms with Gasteiger partial charge < -0.3 is 11.1 Å². The lowest BCUT2D eigenvalue weighted by molar-refractivity contribution is 0.452. The lowest BCUT2D eigenvalue weighted by atomic mass is 9.94. The van der Waals surface area contributed by atoms with Crippen molar-refractivity contribution in [1.82, 2.24) is 15.3 Å². The summed E-state index contributed by atoms with van der Waals surface area (Å²) in [6.07, 6.45) is 3.15. The van der Waals surface area contributed by atoms with Gasteiger partial charge in [0.2, 0.25) is 0 Å². The van der Waals surface area contributed by atoms with Crippen molar-refractivity contribution in [1.29, 1.82) is 0 Å². The van der Waals surface area contributed by atoms with Crippen LogP contribution in [0.2, 0.25) is 0 Å². The van der Waals surface area contributed by atoms with Gasteiger partial charge in [-0.05, 0) is 25.9 Å². The Morgan fingerprint density at radius 3 is 2.80 bits per heavy atom. The zero-order valence-corrected chi connectivity index (χ0v) is 9.16. The fraction of sp³-hybridized carbons (Fsp3) is 0.636. The van der Waals surface area contributed by atoms with Crippen LogP contribution in [0.15, 0.2) is 6.07 Å². The van der Waals surface area contributed by atoms with E-state index in [1.807, 2.05) is 6.07 Å². The zero-order chi connectivity index (χ0) is 10.7. The summed E-state index contributed by atoms with van der Waals surface area (Å²) in [5.41, 5.74) is 6.90. The summed E-state index contributed by atoms with van der Waals surface area (Å²) < 4.78 is 0. The van der Waals surface area contributed by atoms with Gasteiger partial charge in [-0.1, -0.05) is 6.92 Å². The highest BCUT2D eigenvalue weighted by Gasteiger charge is 2.17. The molecule has 3 N–H and O–H groups in total. The van der Waals surface area contributed by atoms with E-state index >= 15 is 0 Å². The summed E-state index contributed by atoms with van der Waals surface area (Å²) >= 11 is 0. The standard InChI is InChI=1S/C11H18N4/c1-2-11-14-9(7-10(12)15-11)8-3-5-13-6-4-8/h7-8,13H,2-6H2,1H3,(H2,12,14,15). The molecule has 0 unspecified atom stereocenters. The highest BCUT2D eigenvalue weighted by Crippen LogP contribution is 2.24. The van der Waals surface area contributed by atoms with E-state index in [0.717, 1.165) is 43.9 Å². The Morgan fingerprint density at radius 1 is 1.40 bits per heavy atom. The monoisotopic (exact) mass is 206 g/mol. The number of nitrogens with zero attached hydrogens (tertiary/aromatic N) is 2. The van der Waals surface area contributed by atoms with Gasteiger partial charge in [-0.2, -0.15) is 0 Å². The maximum Gasteiger partial charge on any atom is 0.130 e. The predicted octanol–water partition coefficient (Wildman–Crippen LogP) is 1.09. The number of rotatable bonds is 2. The van der Waals surface area contributed by atoms with Gasteiger partial charge in [0.1, 0.15) is 11.6 Å². The fourth-order valence-corrected chi connectivity index (χ4v) is 2.02. The third-order valence-electron chi connectivity index (χ3n) is 2.89. The first-order chi connectivity index (χ1) is 7.29. The van der Waals surface area contributed by atoms with Crippen LogP contribution in [0.3, 0.4) is 0 Å². The van der Waals surface area contributed by atoms with Crippen molar-refractivity contribution in [2.24, 2.45) is 0 Å². The minimum Gasteiger partial charge on any atom is -0.384 e. The van der Waals surface area contributed by atoms with Crippen molar-refractivity contribution in [3.63, 3.8) is 0 Å². The zero-order valence-electron chi connectivity index (χ0n) is 9.16. The average Bonchev–Trinajstić information content (AvgIpc) is 2.29. The van der Waals surface area contributed by atoms with Crippen LogP contribution < -0.4 is 11.1 Å². The molecule has 0 amide bonds. The maximum atomic E-state index is 5.77. The molecule has 1 aliphatic rings. The molecule has 1 aromatic heterocycles. The molecule has 1 aromatic rings. The van der Waals surface area contributed by atoms with Crippen LogP contribution in [0.1, 0.15) is 37.2 Å². The molecule has 0 atom stereocenters. The summed E-state index contributed by atoms with van der Waals surface area (Å²) in [6.45, 7) is 4.22. The Balaban J connectivity index is 2.22.